The molecule has 5 nitrogen and oxygen atoms in total. The third-order valence-corrected chi connectivity index (χ3v) is 3.96. The van der Waals surface area contributed by atoms with Crippen LogP contribution in [-0.4, -0.2) is 52.9 Å². The maximum Gasteiger partial charge on any atom is 0.182 e. The van der Waals surface area contributed by atoms with Crippen molar-refractivity contribution < 1.29 is 9.84 Å². The predicted molar refractivity (Wildman–Crippen MR) is 77.6 cm³/mol. The third-order valence-electron chi connectivity index (χ3n) is 3.02. The van der Waals surface area contributed by atoms with Crippen molar-refractivity contribution in [2.45, 2.75) is 39.0 Å². The summed E-state index contributed by atoms with van der Waals surface area (Å²) in [5.74, 6) is 0. The van der Waals surface area contributed by atoms with Crippen molar-refractivity contribution in [2.24, 2.45) is 0 Å². The second-order valence-corrected chi connectivity index (χ2v) is 6.63. The molecule has 1 unspecified atom stereocenters. The Morgan fingerprint density at radius 3 is 3.11 bits per heavy atom. The first-order chi connectivity index (χ1) is 9.02. The Morgan fingerprint density at radius 1 is 1.63 bits per heavy atom. The molecule has 0 aliphatic carbocycles. The molecule has 0 saturated carbocycles. The number of nitrogens with zero attached hydrogens (tertiary/aromatic N) is 2. The van der Waals surface area contributed by atoms with Crippen LogP contribution in [0.15, 0.2) is 6.20 Å². The van der Waals surface area contributed by atoms with Crippen LogP contribution in [0.2, 0.25) is 0 Å². The molecule has 1 atom stereocenters. The number of thiazole rings is 1. The molecular formula is C13H23N3O2S. The van der Waals surface area contributed by atoms with Crippen molar-refractivity contribution in [3.8, 4) is 0 Å². The fourth-order valence-electron chi connectivity index (χ4n) is 2.47. The fraction of sp³-hybridized carbons (Fsp3) is 0.769. The fourth-order valence-corrected chi connectivity index (χ4v) is 3.39. The second-order valence-electron chi connectivity index (χ2n) is 5.51. The van der Waals surface area contributed by atoms with Gasteiger partial charge >= 0.3 is 0 Å². The van der Waals surface area contributed by atoms with Gasteiger partial charge in [-0.15, -0.1) is 11.3 Å². The van der Waals surface area contributed by atoms with Crippen LogP contribution in [0.3, 0.4) is 0 Å². The van der Waals surface area contributed by atoms with Crippen molar-refractivity contribution in [1.29, 1.82) is 0 Å². The van der Waals surface area contributed by atoms with E-state index in [-0.39, 0.29) is 18.3 Å². The lowest BCUT2D eigenvalue weighted by Gasteiger charge is -2.42. The summed E-state index contributed by atoms with van der Waals surface area (Å²) in [7, 11) is 0. The minimum atomic E-state index is -0.208. The van der Waals surface area contributed by atoms with E-state index in [1.165, 1.54) is 4.88 Å². The van der Waals surface area contributed by atoms with E-state index in [0.717, 1.165) is 31.3 Å². The van der Waals surface area contributed by atoms with Gasteiger partial charge in [0.1, 0.15) is 0 Å². The van der Waals surface area contributed by atoms with Gasteiger partial charge in [-0.3, -0.25) is 4.90 Å². The van der Waals surface area contributed by atoms with Crippen LogP contribution in [0.1, 0.15) is 25.6 Å². The molecule has 2 heterocycles. The highest BCUT2D eigenvalue weighted by atomic mass is 32.1. The molecule has 1 saturated heterocycles. The van der Waals surface area contributed by atoms with Gasteiger partial charge in [0.05, 0.1) is 18.3 Å². The summed E-state index contributed by atoms with van der Waals surface area (Å²) >= 11 is 1.69. The van der Waals surface area contributed by atoms with Crippen molar-refractivity contribution in [1.82, 2.24) is 9.88 Å². The largest absolute Gasteiger partial charge is 0.394 e. The van der Waals surface area contributed by atoms with Gasteiger partial charge in [-0.2, -0.15) is 0 Å². The summed E-state index contributed by atoms with van der Waals surface area (Å²) in [6, 6.07) is 0. The van der Waals surface area contributed by atoms with Crippen LogP contribution in [0.5, 0.6) is 0 Å². The number of rotatable bonds is 5. The molecule has 108 valence electrons. The van der Waals surface area contributed by atoms with E-state index in [0.29, 0.717) is 0 Å². The van der Waals surface area contributed by atoms with Gasteiger partial charge < -0.3 is 15.2 Å². The topological polar surface area (TPSA) is 57.6 Å². The number of nitrogens with one attached hydrogen (secondary N) is 1. The zero-order valence-corrected chi connectivity index (χ0v) is 12.7. The van der Waals surface area contributed by atoms with Crippen LogP contribution < -0.4 is 5.32 Å². The Kier molecular flexibility index (Phi) is 4.78. The Morgan fingerprint density at radius 2 is 2.42 bits per heavy atom. The molecule has 0 radical (unpaired) electrons. The minimum Gasteiger partial charge on any atom is -0.394 e. The number of aromatic nitrogens is 1. The van der Waals surface area contributed by atoms with Gasteiger partial charge in [0.2, 0.25) is 0 Å². The van der Waals surface area contributed by atoms with Gasteiger partial charge in [0, 0.05) is 37.3 Å². The molecule has 0 aromatic carbocycles. The van der Waals surface area contributed by atoms with Gasteiger partial charge in [-0.05, 0) is 20.8 Å². The second kappa shape index (κ2) is 6.17. The quantitative estimate of drug-likeness (QED) is 0.859. The minimum absolute atomic E-state index is 0.0747. The van der Waals surface area contributed by atoms with Crippen LogP contribution in [0.25, 0.3) is 0 Å². The number of aliphatic hydroxyl groups is 1. The third kappa shape index (κ3) is 4.14. The van der Waals surface area contributed by atoms with Crippen LogP contribution in [-0.2, 0) is 11.3 Å². The van der Waals surface area contributed by atoms with Crippen LogP contribution >= 0.6 is 11.3 Å². The number of anilines is 1. The number of aliphatic hydroxyl groups excluding tert-OH is 1. The Labute approximate surface area is 118 Å². The summed E-state index contributed by atoms with van der Waals surface area (Å²) in [6.45, 7) is 9.68. The number of morpholine rings is 1. The van der Waals surface area contributed by atoms with E-state index in [1.54, 1.807) is 11.3 Å². The zero-order chi connectivity index (χ0) is 13.9. The number of hydrogen-bond donors (Lipinski definition) is 2. The molecule has 0 spiro atoms. The summed E-state index contributed by atoms with van der Waals surface area (Å²) in [5, 5.41) is 13.5. The molecule has 6 heteroatoms. The Bertz CT molecular complexity index is 408. The lowest BCUT2D eigenvalue weighted by molar-refractivity contribution is -0.150. The highest BCUT2D eigenvalue weighted by Gasteiger charge is 2.33. The van der Waals surface area contributed by atoms with Crippen LogP contribution in [0.4, 0.5) is 5.13 Å². The smallest absolute Gasteiger partial charge is 0.182 e. The normalized spacial score (nSPS) is 23.5. The molecule has 1 aliphatic heterocycles. The molecule has 19 heavy (non-hydrogen) atoms. The van der Waals surface area contributed by atoms with Gasteiger partial charge in [0.15, 0.2) is 5.13 Å². The molecule has 2 N–H and O–H groups in total. The molecule has 1 aliphatic rings. The maximum atomic E-state index is 9.31. The molecule has 1 aromatic rings. The average molecular weight is 285 g/mol. The lowest BCUT2D eigenvalue weighted by atomic mass is 10.1. The van der Waals surface area contributed by atoms with E-state index in [9.17, 15) is 5.11 Å². The Hall–Kier alpha value is -0.690. The highest BCUT2D eigenvalue weighted by Crippen LogP contribution is 2.25. The molecule has 0 amide bonds. The van der Waals surface area contributed by atoms with Gasteiger partial charge in [0.25, 0.3) is 0 Å². The van der Waals surface area contributed by atoms with E-state index >= 15 is 0 Å². The van der Waals surface area contributed by atoms with E-state index in [4.69, 9.17) is 4.74 Å². The van der Waals surface area contributed by atoms with Crippen molar-refractivity contribution in [2.75, 3.05) is 31.6 Å². The Balaban J connectivity index is 1.96. The zero-order valence-electron chi connectivity index (χ0n) is 11.8. The van der Waals surface area contributed by atoms with Crippen molar-refractivity contribution in [3.63, 3.8) is 0 Å². The molecule has 1 aromatic heterocycles. The summed E-state index contributed by atoms with van der Waals surface area (Å²) in [5.41, 5.74) is -0.208. The first-order valence-electron chi connectivity index (χ1n) is 6.72. The molecule has 0 bridgehead atoms. The monoisotopic (exact) mass is 285 g/mol. The van der Waals surface area contributed by atoms with Crippen molar-refractivity contribution in [3.05, 3.63) is 11.1 Å². The molecular weight excluding hydrogens is 262 g/mol. The molecule has 1 fully saturated rings. The van der Waals surface area contributed by atoms with Crippen LogP contribution in [0, 0.1) is 0 Å². The van der Waals surface area contributed by atoms with Crippen molar-refractivity contribution >= 4 is 16.5 Å². The van der Waals surface area contributed by atoms with E-state index in [2.05, 4.69) is 36.0 Å². The first kappa shape index (κ1) is 14.7. The maximum absolute atomic E-state index is 9.31. The lowest BCUT2D eigenvalue weighted by Crippen LogP contribution is -2.53. The van der Waals surface area contributed by atoms with Gasteiger partial charge in [-0.1, -0.05) is 0 Å². The predicted octanol–water partition coefficient (Wildman–Crippen LogP) is 1.55. The van der Waals surface area contributed by atoms with E-state index < -0.39 is 0 Å². The summed E-state index contributed by atoms with van der Waals surface area (Å²) < 4.78 is 5.82. The molecule has 2 rings (SSSR count). The number of ether oxygens (including phenoxy) is 1. The SMILES string of the molecule is CCNc1ncc(CN2CC(CO)OC(C)(C)C2)s1. The highest BCUT2D eigenvalue weighted by molar-refractivity contribution is 7.15. The van der Waals surface area contributed by atoms with Gasteiger partial charge in [-0.25, -0.2) is 4.98 Å². The van der Waals surface area contributed by atoms with E-state index in [1.807, 2.05) is 6.20 Å². The summed E-state index contributed by atoms with van der Waals surface area (Å²) in [6.07, 6.45) is 1.84. The average Bonchev–Trinajstić information content (AvgIpc) is 2.75. The standard InChI is InChI=1S/C13H23N3O2S/c1-4-14-12-15-5-11(19-12)7-16-6-10(8-17)18-13(2,3)9-16/h5,10,17H,4,6-9H2,1-3H3,(H,14,15). The summed E-state index contributed by atoms with van der Waals surface area (Å²) in [4.78, 5) is 7.92. The number of hydrogen-bond acceptors (Lipinski definition) is 6. The first-order valence-corrected chi connectivity index (χ1v) is 7.53.